The fourth-order valence-corrected chi connectivity index (χ4v) is 2.36. The lowest BCUT2D eigenvalue weighted by atomic mass is 10.1. The molecule has 0 N–H and O–H groups in total. The van der Waals surface area contributed by atoms with Gasteiger partial charge in [0, 0.05) is 0 Å². The highest BCUT2D eigenvalue weighted by Crippen LogP contribution is 2.21. The van der Waals surface area contributed by atoms with E-state index in [0.29, 0.717) is 11.1 Å². The summed E-state index contributed by atoms with van der Waals surface area (Å²) in [5.41, 5.74) is 1.16. The molecule has 1 aliphatic rings. The number of hydrogen-bond donors (Lipinski definition) is 0. The molecule has 0 spiro atoms. The number of nitrogens with zero attached hydrogens (tertiary/aromatic N) is 1. The van der Waals surface area contributed by atoms with Gasteiger partial charge in [-0.2, -0.15) is 5.26 Å². The molecule has 0 amide bonds. The minimum Gasteiger partial charge on any atom is -0.462 e. The van der Waals surface area contributed by atoms with Gasteiger partial charge in [0.15, 0.2) is 5.78 Å². The molecule has 0 heterocycles. The molecule has 4 nitrogen and oxygen atoms in total. The van der Waals surface area contributed by atoms with E-state index in [9.17, 15) is 9.59 Å². The van der Waals surface area contributed by atoms with Crippen molar-refractivity contribution in [2.75, 3.05) is 0 Å². The van der Waals surface area contributed by atoms with E-state index in [4.69, 9.17) is 10.00 Å². The van der Waals surface area contributed by atoms with Crippen LogP contribution in [0.2, 0.25) is 0 Å². The van der Waals surface area contributed by atoms with Crippen molar-refractivity contribution < 1.29 is 14.3 Å². The van der Waals surface area contributed by atoms with Gasteiger partial charge in [-0.05, 0) is 43.4 Å². The number of ketones is 1. The van der Waals surface area contributed by atoms with Crippen LogP contribution in [0.4, 0.5) is 0 Å². The highest BCUT2D eigenvalue weighted by Gasteiger charge is 2.20. The van der Waals surface area contributed by atoms with Crippen molar-refractivity contribution in [3.63, 3.8) is 0 Å². The van der Waals surface area contributed by atoms with Crippen LogP contribution in [-0.2, 0) is 14.3 Å². The van der Waals surface area contributed by atoms with Gasteiger partial charge in [-0.25, -0.2) is 0 Å². The van der Waals surface area contributed by atoms with Gasteiger partial charge in [-0.1, -0.05) is 24.3 Å². The summed E-state index contributed by atoms with van der Waals surface area (Å²) in [6, 6.07) is 9.03. The normalized spacial score (nSPS) is 15.0. The third-order valence-electron chi connectivity index (χ3n) is 3.45. The molecule has 1 fully saturated rings. The first-order valence-electron chi connectivity index (χ1n) is 7.08. The number of esters is 1. The van der Waals surface area contributed by atoms with Crippen molar-refractivity contribution in [1.82, 2.24) is 0 Å². The zero-order valence-corrected chi connectivity index (χ0v) is 11.7. The number of carbonyl (C=O) groups is 2. The van der Waals surface area contributed by atoms with E-state index >= 15 is 0 Å². The molecule has 0 aliphatic heterocycles. The molecule has 0 bridgehead atoms. The largest absolute Gasteiger partial charge is 0.462 e. The highest BCUT2D eigenvalue weighted by atomic mass is 16.5. The number of benzene rings is 1. The molecule has 1 aromatic carbocycles. The summed E-state index contributed by atoms with van der Waals surface area (Å²) in [6.07, 6.45) is 6.57. The summed E-state index contributed by atoms with van der Waals surface area (Å²) in [5, 5.41) is 8.95. The van der Waals surface area contributed by atoms with Gasteiger partial charge in [0.25, 0.3) is 0 Å². The summed E-state index contributed by atoms with van der Waals surface area (Å²) >= 11 is 0. The Balaban J connectivity index is 1.87. The van der Waals surface area contributed by atoms with Crippen LogP contribution in [0.5, 0.6) is 0 Å². The van der Waals surface area contributed by atoms with Crippen molar-refractivity contribution >= 4 is 17.8 Å². The number of rotatable bonds is 5. The van der Waals surface area contributed by atoms with Crippen LogP contribution in [0.15, 0.2) is 30.3 Å². The molecule has 108 valence electrons. The Morgan fingerprint density at radius 2 is 2.00 bits per heavy atom. The molecule has 0 radical (unpaired) electrons. The molecule has 0 unspecified atom stereocenters. The standard InChI is InChI=1S/C17H17NO3/c18-12-14-6-2-1-5-13(14)9-10-15(19)11-17(20)21-16-7-3-4-8-16/h1-2,5-6,9-10,16H,3-4,7-8,11H2. The molecule has 21 heavy (non-hydrogen) atoms. The molecule has 4 heteroatoms. The lowest BCUT2D eigenvalue weighted by molar-refractivity contribution is -0.150. The molecule has 1 saturated carbocycles. The Bertz CT molecular complexity index is 592. The monoisotopic (exact) mass is 283 g/mol. The third-order valence-corrected chi connectivity index (χ3v) is 3.45. The number of hydrogen-bond acceptors (Lipinski definition) is 4. The van der Waals surface area contributed by atoms with Crippen LogP contribution in [-0.4, -0.2) is 17.9 Å². The van der Waals surface area contributed by atoms with Gasteiger partial charge >= 0.3 is 5.97 Å². The van der Waals surface area contributed by atoms with Crippen molar-refractivity contribution in [2.45, 2.75) is 38.2 Å². The Hall–Kier alpha value is -2.41. The zero-order valence-electron chi connectivity index (χ0n) is 11.7. The maximum Gasteiger partial charge on any atom is 0.313 e. The second-order valence-corrected chi connectivity index (χ2v) is 5.07. The summed E-state index contributed by atoms with van der Waals surface area (Å²) in [7, 11) is 0. The second-order valence-electron chi connectivity index (χ2n) is 5.07. The quantitative estimate of drug-likeness (QED) is 0.473. The first-order chi connectivity index (χ1) is 10.2. The van der Waals surface area contributed by atoms with Gasteiger partial charge in [-0.3, -0.25) is 9.59 Å². The maximum absolute atomic E-state index is 11.7. The summed E-state index contributed by atoms with van der Waals surface area (Å²) in [5.74, 6) is -0.782. The average Bonchev–Trinajstić information content (AvgIpc) is 2.98. The first-order valence-corrected chi connectivity index (χ1v) is 7.08. The lowest BCUT2D eigenvalue weighted by Gasteiger charge is -2.09. The third kappa shape index (κ3) is 4.57. The van der Waals surface area contributed by atoms with Crippen LogP contribution in [0, 0.1) is 11.3 Å². The number of ether oxygens (including phenoxy) is 1. The fourth-order valence-electron chi connectivity index (χ4n) is 2.36. The van der Waals surface area contributed by atoms with E-state index in [1.54, 1.807) is 30.3 Å². The Kier molecular flexibility index (Phi) is 5.28. The molecular formula is C17H17NO3. The van der Waals surface area contributed by atoms with Crippen LogP contribution in [0.25, 0.3) is 6.08 Å². The minimum atomic E-state index is -0.467. The average molecular weight is 283 g/mol. The smallest absolute Gasteiger partial charge is 0.313 e. The van der Waals surface area contributed by atoms with E-state index in [-0.39, 0.29) is 18.3 Å². The van der Waals surface area contributed by atoms with Crippen LogP contribution in [0.3, 0.4) is 0 Å². The molecular weight excluding hydrogens is 266 g/mol. The fraction of sp³-hybridized carbons (Fsp3) is 0.353. The van der Waals surface area contributed by atoms with Gasteiger partial charge in [0.1, 0.15) is 12.5 Å². The van der Waals surface area contributed by atoms with Crippen LogP contribution < -0.4 is 0 Å². The maximum atomic E-state index is 11.7. The lowest BCUT2D eigenvalue weighted by Crippen LogP contribution is -2.16. The van der Waals surface area contributed by atoms with Crippen LogP contribution >= 0.6 is 0 Å². The molecule has 1 aromatic rings. The van der Waals surface area contributed by atoms with E-state index in [0.717, 1.165) is 25.7 Å². The summed E-state index contributed by atoms with van der Waals surface area (Å²) < 4.78 is 5.23. The topological polar surface area (TPSA) is 67.2 Å². The van der Waals surface area contributed by atoms with Crippen molar-refractivity contribution in [3.05, 3.63) is 41.5 Å². The first kappa shape index (κ1) is 15.0. The minimum absolute atomic E-state index is 0.0198. The second kappa shape index (κ2) is 7.39. The molecule has 0 saturated heterocycles. The predicted octanol–water partition coefficient (Wildman–Crippen LogP) is 3.02. The van der Waals surface area contributed by atoms with E-state index in [1.807, 2.05) is 0 Å². The Labute approximate surface area is 124 Å². The number of allylic oxidation sites excluding steroid dienone is 1. The van der Waals surface area contributed by atoms with E-state index in [2.05, 4.69) is 6.07 Å². The molecule has 0 atom stereocenters. The van der Waals surface area contributed by atoms with E-state index < -0.39 is 5.97 Å². The van der Waals surface area contributed by atoms with Gasteiger partial charge in [0.05, 0.1) is 11.6 Å². The SMILES string of the molecule is N#Cc1ccccc1C=CC(=O)CC(=O)OC1CCCC1. The summed E-state index contributed by atoms with van der Waals surface area (Å²) in [4.78, 5) is 23.3. The van der Waals surface area contributed by atoms with Gasteiger partial charge < -0.3 is 4.74 Å². The van der Waals surface area contributed by atoms with Gasteiger partial charge in [0.2, 0.25) is 0 Å². The van der Waals surface area contributed by atoms with Crippen molar-refractivity contribution in [2.24, 2.45) is 0 Å². The summed E-state index contributed by atoms with van der Waals surface area (Å²) in [6.45, 7) is 0. The molecule has 1 aliphatic carbocycles. The number of carbonyl (C=O) groups excluding carboxylic acids is 2. The predicted molar refractivity (Wildman–Crippen MR) is 78.2 cm³/mol. The Morgan fingerprint density at radius 1 is 1.29 bits per heavy atom. The molecule has 2 rings (SSSR count). The Morgan fingerprint density at radius 3 is 2.71 bits per heavy atom. The number of nitriles is 1. The van der Waals surface area contributed by atoms with Crippen LogP contribution in [0.1, 0.15) is 43.2 Å². The van der Waals surface area contributed by atoms with E-state index in [1.165, 1.54) is 6.08 Å². The van der Waals surface area contributed by atoms with Crippen molar-refractivity contribution in [3.8, 4) is 6.07 Å². The zero-order chi connectivity index (χ0) is 15.1. The van der Waals surface area contributed by atoms with Gasteiger partial charge in [-0.15, -0.1) is 0 Å². The van der Waals surface area contributed by atoms with Crippen molar-refractivity contribution in [1.29, 1.82) is 5.26 Å². The highest BCUT2D eigenvalue weighted by molar-refractivity contribution is 6.04. The molecule has 0 aromatic heterocycles.